The zero-order valence-corrected chi connectivity index (χ0v) is 18.0. The summed E-state index contributed by atoms with van der Waals surface area (Å²) in [5.74, 6) is -0.0476. The molecule has 1 atom stereocenters. The first-order valence-electron chi connectivity index (χ1n) is 10.7. The SMILES string of the molecule is CCCCNC(=O)[C@@H](CC)N(CCc1ccccc1)C(=O)Cc1ccc(C)cc1. The Morgan fingerprint density at radius 1 is 0.966 bits per heavy atom. The summed E-state index contributed by atoms with van der Waals surface area (Å²) in [7, 11) is 0. The Morgan fingerprint density at radius 2 is 1.66 bits per heavy atom. The van der Waals surface area contributed by atoms with Crippen LogP contribution in [0.25, 0.3) is 0 Å². The first-order valence-corrected chi connectivity index (χ1v) is 10.7. The molecule has 156 valence electrons. The Labute approximate surface area is 175 Å². The third kappa shape index (κ3) is 7.37. The van der Waals surface area contributed by atoms with Gasteiger partial charge in [0.1, 0.15) is 6.04 Å². The maximum absolute atomic E-state index is 13.2. The number of hydrogen-bond donors (Lipinski definition) is 1. The van der Waals surface area contributed by atoms with Gasteiger partial charge in [0, 0.05) is 13.1 Å². The van der Waals surface area contributed by atoms with Crippen LogP contribution in [0, 0.1) is 6.92 Å². The van der Waals surface area contributed by atoms with E-state index in [-0.39, 0.29) is 11.8 Å². The lowest BCUT2D eigenvalue weighted by atomic mass is 10.1. The Morgan fingerprint density at radius 3 is 2.28 bits per heavy atom. The lowest BCUT2D eigenvalue weighted by Crippen LogP contribution is -2.50. The molecule has 0 aliphatic carbocycles. The van der Waals surface area contributed by atoms with Gasteiger partial charge in [-0.25, -0.2) is 0 Å². The van der Waals surface area contributed by atoms with Gasteiger partial charge >= 0.3 is 0 Å². The van der Waals surface area contributed by atoms with Crippen LogP contribution in [0.3, 0.4) is 0 Å². The lowest BCUT2D eigenvalue weighted by molar-refractivity contribution is -0.140. The van der Waals surface area contributed by atoms with Crippen molar-refractivity contribution in [1.82, 2.24) is 10.2 Å². The molecular formula is C25H34N2O2. The molecule has 0 fully saturated rings. The normalized spacial score (nSPS) is 11.7. The fraction of sp³-hybridized carbons (Fsp3) is 0.440. The number of nitrogens with one attached hydrogen (secondary N) is 1. The summed E-state index contributed by atoms with van der Waals surface area (Å²) in [6, 6.07) is 17.7. The highest BCUT2D eigenvalue weighted by molar-refractivity contribution is 5.88. The van der Waals surface area contributed by atoms with E-state index in [2.05, 4.69) is 24.4 Å². The maximum Gasteiger partial charge on any atom is 0.242 e. The molecule has 4 heteroatoms. The molecule has 2 aromatic carbocycles. The van der Waals surface area contributed by atoms with Crippen molar-refractivity contribution < 1.29 is 9.59 Å². The van der Waals surface area contributed by atoms with Crippen molar-refractivity contribution in [3.05, 3.63) is 71.3 Å². The van der Waals surface area contributed by atoms with E-state index in [4.69, 9.17) is 0 Å². The molecule has 2 amide bonds. The minimum atomic E-state index is -0.437. The van der Waals surface area contributed by atoms with Gasteiger partial charge in [-0.1, -0.05) is 80.4 Å². The van der Waals surface area contributed by atoms with E-state index in [0.717, 1.165) is 24.8 Å². The second-order valence-corrected chi connectivity index (χ2v) is 7.55. The monoisotopic (exact) mass is 394 g/mol. The summed E-state index contributed by atoms with van der Waals surface area (Å²) in [5.41, 5.74) is 3.32. The minimum absolute atomic E-state index is 0.00211. The molecule has 0 bridgehead atoms. The van der Waals surface area contributed by atoms with Crippen LogP contribution < -0.4 is 5.32 Å². The first kappa shape index (κ1) is 22.7. The topological polar surface area (TPSA) is 49.4 Å². The number of aryl methyl sites for hydroxylation is 1. The van der Waals surface area contributed by atoms with Gasteiger partial charge in [-0.15, -0.1) is 0 Å². The number of amides is 2. The van der Waals surface area contributed by atoms with Gasteiger partial charge in [0.15, 0.2) is 0 Å². The maximum atomic E-state index is 13.2. The van der Waals surface area contributed by atoms with E-state index in [9.17, 15) is 9.59 Å². The van der Waals surface area contributed by atoms with Gasteiger partial charge in [-0.3, -0.25) is 9.59 Å². The van der Waals surface area contributed by atoms with Crippen molar-refractivity contribution in [3.63, 3.8) is 0 Å². The molecule has 2 rings (SSSR count). The molecule has 0 radical (unpaired) electrons. The van der Waals surface area contributed by atoms with Crippen LogP contribution in [0.4, 0.5) is 0 Å². The van der Waals surface area contributed by atoms with Gasteiger partial charge in [0.25, 0.3) is 0 Å². The number of unbranched alkanes of at least 4 members (excludes halogenated alkanes) is 1. The summed E-state index contributed by atoms with van der Waals surface area (Å²) >= 11 is 0. The molecule has 0 aromatic heterocycles. The van der Waals surface area contributed by atoms with Crippen molar-refractivity contribution in [2.24, 2.45) is 0 Å². The van der Waals surface area contributed by atoms with Gasteiger partial charge in [-0.2, -0.15) is 0 Å². The highest BCUT2D eigenvalue weighted by atomic mass is 16.2. The van der Waals surface area contributed by atoms with Crippen molar-refractivity contribution >= 4 is 11.8 Å². The number of hydrogen-bond acceptors (Lipinski definition) is 2. The Bertz CT molecular complexity index is 756. The van der Waals surface area contributed by atoms with E-state index in [1.165, 1.54) is 11.1 Å². The molecule has 0 saturated heterocycles. The second-order valence-electron chi connectivity index (χ2n) is 7.55. The van der Waals surface area contributed by atoms with Crippen LogP contribution in [-0.4, -0.2) is 35.8 Å². The van der Waals surface area contributed by atoms with Crippen LogP contribution in [0.2, 0.25) is 0 Å². The van der Waals surface area contributed by atoms with Crippen LogP contribution in [0.5, 0.6) is 0 Å². The van der Waals surface area contributed by atoms with Gasteiger partial charge < -0.3 is 10.2 Å². The summed E-state index contributed by atoms with van der Waals surface area (Å²) in [6.07, 6.45) is 3.63. The quantitative estimate of drug-likeness (QED) is 0.578. The highest BCUT2D eigenvalue weighted by Crippen LogP contribution is 2.13. The Kier molecular flexibility index (Phi) is 9.42. The largest absolute Gasteiger partial charge is 0.354 e. The number of benzene rings is 2. The zero-order valence-electron chi connectivity index (χ0n) is 18.0. The molecule has 0 saturated carbocycles. The first-order chi connectivity index (χ1) is 14.0. The van der Waals surface area contributed by atoms with E-state index in [0.29, 0.717) is 25.9 Å². The van der Waals surface area contributed by atoms with E-state index < -0.39 is 6.04 Å². The molecule has 1 N–H and O–H groups in total. The summed E-state index contributed by atoms with van der Waals surface area (Å²) in [6.45, 7) is 7.30. The predicted octanol–water partition coefficient (Wildman–Crippen LogP) is 4.30. The number of rotatable bonds is 11. The fourth-order valence-corrected chi connectivity index (χ4v) is 3.38. The van der Waals surface area contributed by atoms with Crippen LogP contribution in [0.15, 0.2) is 54.6 Å². The lowest BCUT2D eigenvalue weighted by Gasteiger charge is -2.31. The van der Waals surface area contributed by atoms with Crippen molar-refractivity contribution in [3.8, 4) is 0 Å². The molecule has 2 aromatic rings. The zero-order chi connectivity index (χ0) is 21.1. The van der Waals surface area contributed by atoms with Gasteiger partial charge in [0.05, 0.1) is 6.42 Å². The molecule has 0 unspecified atom stereocenters. The third-order valence-corrected chi connectivity index (χ3v) is 5.18. The predicted molar refractivity (Wildman–Crippen MR) is 119 cm³/mol. The summed E-state index contributed by atoms with van der Waals surface area (Å²) in [4.78, 5) is 27.8. The second kappa shape index (κ2) is 12.1. The minimum Gasteiger partial charge on any atom is -0.354 e. The van der Waals surface area contributed by atoms with E-state index in [1.54, 1.807) is 4.90 Å². The average molecular weight is 395 g/mol. The molecule has 4 nitrogen and oxygen atoms in total. The standard InChI is InChI=1S/C25H34N2O2/c1-4-6-17-26-25(29)23(5-2)27(18-16-21-10-8-7-9-11-21)24(28)19-22-14-12-20(3)13-15-22/h7-15,23H,4-6,16-19H2,1-3H3,(H,26,29)/t23-/m1/s1. The van der Waals surface area contributed by atoms with Crippen LogP contribution in [0.1, 0.15) is 49.8 Å². The Hall–Kier alpha value is -2.62. The Balaban J connectivity index is 2.14. The van der Waals surface area contributed by atoms with Gasteiger partial charge in [-0.05, 0) is 37.3 Å². The van der Waals surface area contributed by atoms with Crippen molar-refractivity contribution in [2.75, 3.05) is 13.1 Å². The van der Waals surface area contributed by atoms with Crippen LogP contribution in [-0.2, 0) is 22.4 Å². The molecule has 0 aliphatic rings. The average Bonchev–Trinajstić information content (AvgIpc) is 2.73. The number of carbonyl (C=O) groups is 2. The van der Waals surface area contributed by atoms with E-state index >= 15 is 0 Å². The van der Waals surface area contributed by atoms with Gasteiger partial charge in [0.2, 0.25) is 11.8 Å². The fourth-order valence-electron chi connectivity index (χ4n) is 3.38. The van der Waals surface area contributed by atoms with Crippen LogP contribution >= 0.6 is 0 Å². The van der Waals surface area contributed by atoms with E-state index in [1.807, 2.05) is 56.3 Å². The summed E-state index contributed by atoms with van der Waals surface area (Å²) < 4.78 is 0. The summed E-state index contributed by atoms with van der Waals surface area (Å²) in [5, 5.41) is 3.01. The molecule has 29 heavy (non-hydrogen) atoms. The molecular weight excluding hydrogens is 360 g/mol. The number of nitrogens with zero attached hydrogens (tertiary/aromatic N) is 1. The third-order valence-electron chi connectivity index (χ3n) is 5.18. The molecule has 0 spiro atoms. The van der Waals surface area contributed by atoms with Crippen molar-refractivity contribution in [2.45, 2.75) is 58.9 Å². The molecule has 0 aliphatic heterocycles. The molecule has 0 heterocycles. The number of carbonyl (C=O) groups excluding carboxylic acids is 2. The highest BCUT2D eigenvalue weighted by Gasteiger charge is 2.28. The smallest absolute Gasteiger partial charge is 0.242 e. The van der Waals surface area contributed by atoms with Crippen molar-refractivity contribution in [1.29, 1.82) is 0 Å².